The third kappa shape index (κ3) is 1.63. The van der Waals surface area contributed by atoms with Gasteiger partial charge in [-0.1, -0.05) is 0 Å². The van der Waals surface area contributed by atoms with E-state index in [2.05, 4.69) is 0 Å². The molecule has 0 saturated carbocycles. The minimum atomic E-state index is -0.0542. The van der Waals surface area contributed by atoms with Crippen molar-refractivity contribution in [3.63, 3.8) is 0 Å². The maximum atomic E-state index is 11.3. The van der Waals surface area contributed by atoms with Crippen LogP contribution in [0.2, 0.25) is 0 Å². The normalized spacial score (nSPS) is 9.08. The molecule has 0 aliphatic rings. The van der Waals surface area contributed by atoms with Crippen molar-refractivity contribution in [3.05, 3.63) is 21.9 Å². The molecule has 0 spiro atoms. The highest BCUT2D eigenvalue weighted by atomic mass is 32.1. The third-order valence-corrected chi connectivity index (χ3v) is 2.26. The van der Waals surface area contributed by atoms with Crippen LogP contribution in [0.5, 0.6) is 0 Å². The van der Waals surface area contributed by atoms with Crippen LogP contribution in [0.25, 0.3) is 0 Å². The van der Waals surface area contributed by atoms with Gasteiger partial charge in [0, 0.05) is 19.5 Å². The molecule has 0 radical (unpaired) electrons. The molecule has 0 N–H and O–H groups in total. The zero-order valence-corrected chi connectivity index (χ0v) is 7.68. The van der Waals surface area contributed by atoms with Crippen molar-refractivity contribution in [2.75, 3.05) is 14.1 Å². The lowest BCUT2D eigenvalue weighted by Crippen LogP contribution is -2.20. The summed E-state index contributed by atoms with van der Waals surface area (Å²) in [6, 6.07) is 3.58. The highest BCUT2D eigenvalue weighted by Gasteiger charge is 2.10. The Morgan fingerprint density at radius 1 is 1.67 bits per heavy atom. The summed E-state index contributed by atoms with van der Waals surface area (Å²) in [5.74, 6) is -0.0542. The molecule has 0 bridgehead atoms. The van der Waals surface area contributed by atoms with Gasteiger partial charge >= 0.3 is 0 Å². The number of hydrogen-bond donors (Lipinski definition) is 0. The van der Waals surface area contributed by atoms with Crippen molar-refractivity contribution in [2.24, 2.45) is 0 Å². The number of carbonyl (C=O) groups is 1. The SMILES string of the molecule is CN(C)C(=O)c1cc(C#N)cs1. The predicted octanol–water partition coefficient (Wildman–Crippen LogP) is 1.32. The molecule has 12 heavy (non-hydrogen) atoms. The monoisotopic (exact) mass is 180 g/mol. The molecule has 1 amide bonds. The van der Waals surface area contributed by atoms with Crippen molar-refractivity contribution >= 4 is 17.2 Å². The number of hydrogen-bond acceptors (Lipinski definition) is 3. The smallest absolute Gasteiger partial charge is 0.263 e. The lowest BCUT2D eigenvalue weighted by molar-refractivity contribution is 0.0832. The first-order chi connectivity index (χ1) is 5.65. The van der Waals surface area contributed by atoms with Gasteiger partial charge in [-0.25, -0.2) is 0 Å². The lowest BCUT2D eigenvalue weighted by Gasteiger charge is -2.06. The Kier molecular flexibility index (Phi) is 2.46. The fourth-order valence-corrected chi connectivity index (χ4v) is 1.58. The van der Waals surface area contributed by atoms with Crippen LogP contribution in [0.1, 0.15) is 15.2 Å². The molecule has 0 saturated heterocycles. The van der Waals surface area contributed by atoms with E-state index in [0.717, 1.165) is 0 Å². The second-order valence-corrected chi connectivity index (χ2v) is 3.42. The third-order valence-electron chi connectivity index (χ3n) is 1.35. The van der Waals surface area contributed by atoms with E-state index in [0.29, 0.717) is 10.4 Å². The average Bonchev–Trinajstić information content (AvgIpc) is 2.50. The molecular weight excluding hydrogens is 172 g/mol. The van der Waals surface area contributed by atoms with Crippen LogP contribution in [0.3, 0.4) is 0 Å². The topological polar surface area (TPSA) is 44.1 Å². The number of carbonyl (C=O) groups excluding carboxylic acids is 1. The molecule has 0 aliphatic heterocycles. The van der Waals surface area contributed by atoms with Crippen molar-refractivity contribution in [1.29, 1.82) is 5.26 Å². The molecule has 1 aromatic rings. The lowest BCUT2D eigenvalue weighted by atomic mass is 10.3. The maximum Gasteiger partial charge on any atom is 0.263 e. The van der Waals surface area contributed by atoms with Crippen LogP contribution in [0.15, 0.2) is 11.4 Å². The van der Waals surface area contributed by atoms with E-state index in [4.69, 9.17) is 5.26 Å². The molecule has 4 heteroatoms. The van der Waals surface area contributed by atoms with Gasteiger partial charge in [-0.05, 0) is 6.07 Å². The Hall–Kier alpha value is -1.34. The molecule has 62 valence electrons. The number of nitriles is 1. The largest absolute Gasteiger partial charge is 0.344 e. The van der Waals surface area contributed by atoms with Crippen LogP contribution in [0, 0.1) is 11.3 Å². The van der Waals surface area contributed by atoms with Crippen LogP contribution in [-0.2, 0) is 0 Å². The summed E-state index contributed by atoms with van der Waals surface area (Å²) in [6.07, 6.45) is 0. The van der Waals surface area contributed by atoms with E-state index >= 15 is 0 Å². The number of rotatable bonds is 1. The molecule has 0 atom stereocenters. The summed E-state index contributed by atoms with van der Waals surface area (Å²) >= 11 is 1.30. The van der Waals surface area contributed by atoms with Crippen LogP contribution in [0.4, 0.5) is 0 Å². The van der Waals surface area contributed by atoms with Crippen LogP contribution in [-0.4, -0.2) is 24.9 Å². The van der Waals surface area contributed by atoms with E-state index < -0.39 is 0 Å². The van der Waals surface area contributed by atoms with Crippen molar-refractivity contribution in [2.45, 2.75) is 0 Å². The summed E-state index contributed by atoms with van der Waals surface area (Å²) in [5, 5.41) is 10.2. The van der Waals surface area contributed by atoms with Gasteiger partial charge in [-0.2, -0.15) is 5.26 Å². The Morgan fingerprint density at radius 2 is 2.33 bits per heavy atom. The molecule has 0 aliphatic carbocycles. The Balaban J connectivity index is 2.91. The molecule has 0 aromatic carbocycles. The molecule has 3 nitrogen and oxygen atoms in total. The van der Waals surface area contributed by atoms with Crippen LogP contribution < -0.4 is 0 Å². The van der Waals surface area contributed by atoms with E-state index in [1.54, 1.807) is 25.5 Å². The van der Waals surface area contributed by atoms with Gasteiger partial charge in [0.05, 0.1) is 10.4 Å². The van der Waals surface area contributed by atoms with E-state index in [-0.39, 0.29) is 5.91 Å². The molecule has 0 unspecified atom stereocenters. The Morgan fingerprint density at radius 3 is 2.75 bits per heavy atom. The van der Waals surface area contributed by atoms with Gasteiger partial charge in [0.2, 0.25) is 0 Å². The second kappa shape index (κ2) is 3.37. The van der Waals surface area contributed by atoms with Gasteiger partial charge < -0.3 is 4.90 Å². The Labute approximate surface area is 74.8 Å². The van der Waals surface area contributed by atoms with Crippen LogP contribution >= 0.6 is 11.3 Å². The predicted molar refractivity (Wildman–Crippen MR) is 47.1 cm³/mol. The summed E-state index contributed by atoms with van der Waals surface area (Å²) in [5.41, 5.74) is 0.546. The number of thiophene rings is 1. The van der Waals surface area contributed by atoms with Gasteiger partial charge in [0.15, 0.2) is 0 Å². The van der Waals surface area contributed by atoms with Crippen molar-refractivity contribution in [1.82, 2.24) is 4.90 Å². The molecule has 0 fully saturated rings. The zero-order valence-electron chi connectivity index (χ0n) is 6.87. The zero-order chi connectivity index (χ0) is 9.14. The van der Waals surface area contributed by atoms with Gasteiger partial charge in [0.1, 0.15) is 6.07 Å². The molecule has 1 aromatic heterocycles. The second-order valence-electron chi connectivity index (χ2n) is 2.51. The fraction of sp³-hybridized carbons (Fsp3) is 0.250. The fourth-order valence-electron chi connectivity index (χ4n) is 0.727. The van der Waals surface area contributed by atoms with Gasteiger partial charge in [-0.15, -0.1) is 11.3 Å². The molecular formula is C8H8N2OS. The first-order valence-corrected chi connectivity index (χ1v) is 4.23. The summed E-state index contributed by atoms with van der Waals surface area (Å²) in [4.78, 5) is 13.4. The summed E-state index contributed by atoms with van der Waals surface area (Å²) < 4.78 is 0. The standard InChI is InChI=1S/C8H8N2OS/c1-10(2)8(11)7-3-6(4-9)5-12-7/h3,5H,1-2H3. The van der Waals surface area contributed by atoms with E-state index in [1.165, 1.54) is 16.2 Å². The van der Waals surface area contributed by atoms with Gasteiger partial charge in [0.25, 0.3) is 5.91 Å². The van der Waals surface area contributed by atoms with E-state index in [9.17, 15) is 4.79 Å². The Bertz CT molecular complexity index is 335. The quantitative estimate of drug-likeness (QED) is 0.654. The number of amides is 1. The summed E-state index contributed by atoms with van der Waals surface area (Å²) in [6.45, 7) is 0. The van der Waals surface area contributed by atoms with Crippen molar-refractivity contribution in [3.8, 4) is 6.07 Å². The number of nitrogens with zero attached hydrogens (tertiary/aromatic N) is 2. The molecule has 1 heterocycles. The molecule has 1 rings (SSSR count). The highest BCUT2D eigenvalue weighted by Crippen LogP contribution is 2.14. The minimum absolute atomic E-state index is 0.0542. The first kappa shape index (κ1) is 8.75. The van der Waals surface area contributed by atoms with Crippen molar-refractivity contribution < 1.29 is 4.79 Å². The highest BCUT2D eigenvalue weighted by molar-refractivity contribution is 7.12. The van der Waals surface area contributed by atoms with Gasteiger partial charge in [-0.3, -0.25) is 4.79 Å². The maximum absolute atomic E-state index is 11.3. The average molecular weight is 180 g/mol. The summed E-state index contributed by atoms with van der Waals surface area (Å²) in [7, 11) is 3.38. The first-order valence-electron chi connectivity index (χ1n) is 3.35. The minimum Gasteiger partial charge on any atom is -0.344 e. The van der Waals surface area contributed by atoms with E-state index in [1.807, 2.05) is 6.07 Å².